The topological polar surface area (TPSA) is 44.7 Å². The van der Waals surface area contributed by atoms with Gasteiger partial charge in [0.1, 0.15) is 18.5 Å². The van der Waals surface area contributed by atoms with Gasteiger partial charge in [-0.2, -0.15) is 0 Å². The van der Waals surface area contributed by atoms with Crippen LogP contribution in [-0.2, 0) is 0 Å². The lowest BCUT2D eigenvalue weighted by atomic mass is 10.3. The monoisotopic (exact) mass is 358 g/mol. The van der Waals surface area contributed by atoms with Gasteiger partial charge < -0.3 is 20.1 Å². The molecule has 0 fully saturated rings. The first-order valence-electron chi connectivity index (χ1n) is 7.65. The summed E-state index contributed by atoms with van der Waals surface area (Å²) in [5.74, 6) is 0.777. The predicted molar refractivity (Wildman–Crippen MR) is 90.9 cm³/mol. The van der Waals surface area contributed by atoms with Crippen molar-refractivity contribution in [3.63, 3.8) is 0 Å². The van der Waals surface area contributed by atoms with Crippen molar-refractivity contribution in [2.45, 2.75) is 26.4 Å². The van der Waals surface area contributed by atoms with Crippen molar-refractivity contribution in [2.75, 3.05) is 39.3 Å². The van der Waals surface area contributed by atoms with E-state index in [1.54, 1.807) is 0 Å². The fourth-order valence-electron chi connectivity index (χ4n) is 2.02. The Bertz CT molecular complexity index is 369. The fourth-order valence-corrected chi connectivity index (χ4v) is 2.28. The summed E-state index contributed by atoms with van der Waals surface area (Å²) in [5.41, 5.74) is 0. The number of nitrogens with one attached hydrogen (secondary N) is 1. The molecule has 5 heteroatoms. The van der Waals surface area contributed by atoms with Crippen molar-refractivity contribution in [3.8, 4) is 5.75 Å². The maximum Gasteiger partial charge on any atom is 0.119 e. The first-order chi connectivity index (χ1) is 10.2. The molecule has 4 nitrogen and oxygen atoms in total. The summed E-state index contributed by atoms with van der Waals surface area (Å²) in [7, 11) is 0. The van der Waals surface area contributed by atoms with Gasteiger partial charge in [0.2, 0.25) is 0 Å². The molecule has 0 saturated carbocycles. The minimum atomic E-state index is -0.484. The third-order valence-electron chi connectivity index (χ3n) is 3.36. The minimum absolute atomic E-state index is 0.310. The summed E-state index contributed by atoms with van der Waals surface area (Å²) in [4.78, 5) is 2.40. The summed E-state index contributed by atoms with van der Waals surface area (Å²) in [6.07, 6.45) is 0.615. The van der Waals surface area contributed by atoms with Crippen LogP contribution in [0, 0.1) is 0 Å². The van der Waals surface area contributed by atoms with Gasteiger partial charge in [-0.05, 0) is 56.9 Å². The molecule has 0 aliphatic rings. The third kappa shape index (κ3) is 8.41. The average molecular weight is 359 g/mol. The Morgan fingerprint density at radius 3 is 2.52 bits per heavy atom. The normalized spacial score (nSPS) is 12.6. The van der Waals surface area contributed by atoms with Gasteiger partial charge in [0.05, 0.1) is 0 Å². The molecule has 2 N–H and O–H groups in total. The molecule has 1 aromatic carbocycles. The van der Waals surface area contributed by atoms with Crippen molar-refractivity contribution >= 4 is 15.9 Å². The molecule has 1 rings (SSSR count). The highest BCUT2D eigenvalue weighted by Gasteiger charge is 2.05. The Kier molecular flexibility index (Phi) is 9.67. The van der Waals surface area contributed by atoms with Crippen molar-refractivity contribution in [2.24, 2.45) is 0 Å². The van der Waals surface area contributed by atoms with E-state index in [1.165, 1.54) is 0 Å². The number of nitrogens with zero attached hydrogens (tertiary/aromatic N) is 1. The Labute approximate surface area is 136 Å². The van der Waals surface area contributed by atoms with Crippen molar-refractivity contribution in [3.05, 3.63) is 28.7 Å². The smallest absolute Gasteiger partial charge is 0.119 e. The van der Waals surface area contributed by atoms with E-state index >= 15 is 0 Å². The highest BCUT2D eigenvalue weighted by Crippen LogP contribution is 2.16. The van der Waals surface area contributed by atoms with Crippen LogP contribution in [-0.4, -0.2) is 55.4 Å². The Morgan fingerprint density at radius 1 is 1.24 bits per heavy atom. The third-order valence-corrected chi connectivity index (χ3v) is 3.89. The van der Waals surface area contributed by atoms with Gasteiger partial charge in [0.25, 0.3) is 0 Å². The number of benzene rings is 1. The number of aliphatic hydroxyl groups excluding tert-OH is 1. The molecular formula is C16H27BrN2O2. The van der Waals surface area contributed by atoms with E-state index in [0.29, 0.717) is 13.2 Å². The number of rotatable bonds is 11. The van der Waals surface area contributed by atoms with Crippen molar-refractivity contribution in [1.29, 1.82) is 0 Å². The largest absolute Gasteiger partial charge is 0.491 e. The lowest BCUT2D eigenvalue weighted by Gasteiger charge is -2.18. The fraction of sp³-hybridized carbons (Fsp3) is 0.625. The summed E-state index contributed by atoms with van der Waals surface area (Å²) >= 11 is 3.38. The highest BCUT2D eigenvalue weighted by atomic mass is 79.9. The summed E-state index contributed by atoms with van der Waals surface area (Å²) < 4.78 is 6.55. The minimum Gasteiger partial charge on any atom is -0.491 e. The summed E-state index contributed by atoms with van der Waals surface area (Å²) in [5, 5.41) is 13.1. The zero-order valence-electron chi connectivity index (χ0n) is 13.0. The van der Waals surface area contributed by atoms with Crippen LogP contribution in [0.2, 0.25) is 0 Å². The number of hydrogen-bond donors (Lipinski definition) is 2. The summed E-state index contributed by atoms with van der Waals surface area (Å²) in [6, 6.07) is 7.61. The zero-order chi connectivity index (χ0) is 15.5. The molecule has 1 atom stereocenters. The molecule has 0 spiro atoms. The Balaban J connectivity index is 2.06. The van der Waals surface area contributed by atoms with E-state index in [0.717, 1.165) is 42.8 Å². The molecule has 0 amide bonds. The van der Waals surface area contributed by atoms with Gasteiger partial charge in [-0.3, -0.25) is 0 Å². The number of aliphatic hydroxyl groups is 1. The van der Waals surface area contributed by atoms with Gasteiger partial charge in [0, 0.05) is 11.0 Å². The zero-order valence-corrected chi connectivity index (χ0v) is 14.6. The van der Waals surface area contributed by atoms with Gasteiger partial charge in [-0.25, -0.2) is 0 Å². The van der Waals surface area contributed by atoms with E-state index in [2.05, 4.69) is 40.0 Å². The van der Waals surface area contributed by atoms with E-state index in [1.807, 2.05) is 24.3 Å². The van der Waals surface area contributed by atoms with Gasteiger partial charge >= 0.3 is 0 Å². The number of ether oxygens (including phenoxy) is 1. The van der Waals surface area contributed by atoms with Crippen molar-refractivity contribution < 1.29 is 9.84 Å². The second kappa shape index (κ2) is 11.0. The molecule has 21 heavy (non-hydrogen) atoms. The molecule has 0 aromatic heterocycles. The van der Waals surface area contributed by atoms with Gasteiger partial charge in [-0.15, -0.1) is 0 Å². The maximum absolute atomic E-state index is 9.86. The Morgan fingerprint density at radius 2 is 1.90 bits per heavy atom. The first-order valence-corrected chi connectivity index (χ1v) is 8.44. The molecule has 0 heterocycles. The Hall–Kier alpha value is -0.620. The lowest BCUT2D eigenvalue weighted by Crippen LogP contribution is -2.33. The van der Waals surface area contributed by atoms with Crippen LogP contribution in [0.25, 0.3) is 0 Å². The molecule has 1 aromatic rings. The van der Waals surface area contributed by atoms with E-state index < -0.39 is 6.10 Å². The SMILES string of the molecule is CCN(CC)CCCNCC(O)COc1ccc(Br)cc1. The van der Waals surface area contributed by atoms with Crippen molar-refractivity contribution in [1.82, 2.24) is 10.2 Å². The molecular weight excluding hydrogens is 332 g/mol. The van der Waals surface area contributed by atoms with E-state index in [-0.39, 0.29) is 0 Å². The van der Waals surface area contributed by atoms with Crippen LogP contribution in [0.1, 0.15) is 20.3 Å². The quantitative estimate of drug-likeness (QED) is 0.596. The summed E-state index contributed by atoms with van der Waals surface area (Å²) in [6.45, 7) is 9.46. The molecule has 0 aliphatic carbocycles. The first kappa shape index (κ1) is 18.4. The molecule has 0 radical (unpaired) electrons. The molecule has 1 unspecified atom stereocenters. The van der Waals surface area contributed by atoms with Crippen LogP contribution < -0.4 is 10.1 Å². The van der Waals surface area contributed by atoms with Gasteiger partial charge in [0.15, 0.2) is 0 Å². The second-order valence-corrected chi connectivity index (χ2v) is 5.92. The average Bonchev–Trinajstić information content (AvgIpc) is 2.50. The molecule has 0 aliphatic heterocycles. The predicted octanol–water partition coefficient (Wildman–Crippen LogP) is 2.51. The van der Waals surface area contributed by atoms with Crippen LogP contribution in [0.5, 0.6) is 5.75 Å². The maximum atomic E-state index is 9.86. The highest BCUT2D eigenvalue weighted by molar-refractivity contribution is 9.10. The number of halogens is 1. The molecule has 0 bridgehead atoms. The van der Waals surface area contributed by atoms with E-state index in [9.17, 15) is 5.11 Å². The second-order valence-electron chi connectivity index (χ2n) is 5.00. The van der Waals surface area contributed by atoms with Crippen LogP contribution in [0.3, 0.4) is 0 Å². The van der Waals surface area contributed by atoms with Gasteiger partial charge in [-0.1, -0.05) is 29.8 Å². The molecule has 120 valence electrons. The molecule has 0 saturated heterocycles. The van der Waals surface area contributed by atoms with Crippen LogP contribution in [0.15, 0.2) is 28.7 Å². The standard InChI is InChI=1S/C16H27BrN2O2/c1-3-19(4-2)11-5-10-18-12-15(20)13-21-16-8-6-14(17)7-9-16/h6-9,15,18,20H,3-5,10-13H2,1-2H3. The van der Waals surface area contributed by atoms with Crippen LogP contribution in [0.4, 0.5) is 0 Å². The van der Waals surface area contributed by atoms with E-state index in [4.69, 9.17) is 4.74 Å². The number of hydrogen-bond acceptors (Lipinski definition) is 4. The van der Waals surface area contributed by atoms with Crippen LogP contribution >= 0.6 is 15.9 Å². The lowest BCUT2D eigenvalue weighted by molar-refractivity contribution is 0.106.